The second-order valence-electron chi connectivity index (χ2n) is 24.1. The fraction of sp³-hybridized carbons (Fsp3) is 0.206. The Hall–Kier alpha value is -7.42. The second-order valence-corrected chi connectivity index (χ2v) is 24.1. The molecule has 0 bridgehead atoms. The van der Waals surface area contributed by atoms with Crippen LogP contribution in [-0.2, 0) is 21.7 Å². The van der Waals surface area contributed by atoms with Crippen LogP contribution in [0.5, 0.6) is 0 Å². The maximum Gasteiger partial charge on any atom is 0.0626 e. The molecule has 0 spiro atoms. The summed E-state index contributed by atoms with van der Waals surface area (Å²) >= 11 is 0. The Morgan fingerprint density at radius 2 is 0.700 bits per heavy atom. The summed E-state index contributed by atoms with van der Waals surface area (Å²) in [5, 5.41) is 10.5. The molecular formula is C68H56N2. The van der Waals surface area contributed by atoms with E-state index in [2.05, 4.69) is 236 Å². The van der Waals surface area contributed by atoms with Gasteiger partial charge in [0.2, 0.25) is 0 Å². The fourth-order valence-electron chi connectivity index (χ4n) is 13.9. The van der Waals surface area contributed by atoms with E-state index in [1.165, 1.54) is 154 Å². The lowest BCUT2D eigenvalue weighted by molar-refractivity contribution is 0.591. The van der Waals surface area contributed by atoms with Crippen LogP contribution in [0.25, 0.3) is 121 Å². The van der Waals surface area contributed by atoms with Crippen LogP contribution < -0.4 is 0 Å². The lowest BCUT2D eigenvalue weighted by atomic mass is 9.81. The number of aromatic nitrogens is 2. The van der Waals surface area contributed by atoms with Crippen molar-refractivity contribution in [3.63, 3.8) is 0 Å². The minimum Gasteiger partial charge on any atom is -0.308 e. The second kappa shape index (κ2) is 12.9. The molecule has 4 aromatic heterocycles. The van der Waals surface area contributed by atoms with Crippen LogP contribution in [0, 0.1) is 0 Å². The predicted octanol–water partition coefficient (Wildman–Crippen LogP) is 18.5. The zero-order valence-electron chi connectivity index (χ0n) is 41.9. The van der Waals surface area contributed by atoms with Gasteiger partial charge in [-0.15, -0.1) is 0 Å². The highest BCUT2D eigenvalue weighted by atomic mass is 14.9. The number of nitrogens with zero attached hydrogens (tertiary/aromatic N) is 2. The maximum absolute atomic E-state index is 2.62. The zero-order chi connectivity index (χ0) is 47.7. The van der Waals surface area contributed by atoms with Gasteiger partial charge in [0.15, 0.2) is 0 Å². The first-order valence-corrected chi connectivity index (χ1v) is 25.4. The lowest BCUT2D eigenvalue weighted by Crippen LogP contribution is -2.14. The van der Waals surface area contributed by atoms with Crippen LogP contribution in [0.3, 0.4) is 0 Å². The molecule has 0 amide bonds. The van der Waals surface area contributed by atoms with E-state index in [1.807, 2.05) is 0 Å². The van der Waals surface area contributed by atoms with E-state index in [-0.39, 0.29) is 21.7 Å². The standard InChI is InChI=1S/C68H56N2/c1-65(2,3)37-25-31-55-49(33-37)61-41(39-19-15-23-53-59(39)45-17-11-13-21-51(45)67(53,7)8)27-29-43-47-36-58-48(35-57(47)69(55)63(43)61)44-30-28-42(62-50-34-38(66(4,5)6)26-32-56(50)70(58)64(44)62)40-20-16-24-54-60(40)46-18-12-14-22-52(46)68(54,9)10/h11-36H,1-10H3. The quantitative estimate of drug-likeness (QED) is 0.163. The van der Waals surface area contributed by atoms with Crippen LogP contribution in [0.2, 0.25) is 0 Å². The molecule has 0 saturated carbocycles. The van der Waals surface area contributed by atoms with Gasteiger partial charge in [0.1, 0.15) is 0 Å². The van der Waals surface area contributed by atoms with Crippen molar-refractivity contribution in [1.29, 1.82) is 0 Å². The van der Waals surface area contributed by atoms with Gasteiger partial charge in [-0.1, -0.05) is 191 Å². The Balaban J connectivity index is 1.06. The van der Waals surface area contributed by atoms with Crippen molar-refractivity contribution in [1.82, 2.24) is 8.80 Å². The van der Waals surface area contributed by atoms with Crippen LogP contribution in [0.15, 0.2) is 158 Å². The zero-order valence-corrected chi connectivity index (χ0v) is 41.9. The Morgan fingerprint density at radius 1 is 0.314 bits per heavy atom. The SMILES string of the molecule is CC(C)(C)c1ccc2c(c1)c1c(-c3cccc4c3-c3ccccc3C4(C)C)ccc3c4cc5c(cc4n2c31)c1ccc(-c2cccc3c2-c2ccccc2C3(C)C)c2c3cc(C(C)(C)C)ccc3n5c12. The third-order valence-electron chi connectivity index (χ3n) is 17.5. The number of benzene rings is 9. The van der Waals surface area contributed by atoms with Gasteiger partial charge in [-0.3, -0.25) is 0 Å². The van der Waals surface area contributed by atoms with Gasteiger partial charge in [0, 0.05) is 53.9 Å². The van der Waals surface area contributed by atoms with E-state index in [0.29, 0.717) is 0 Å². The van der Waals surface area contributed by atoms with Crippen molar-refractivity contribution in [3.05, 3.63) is 191 Å². The molecular weight excluding hydrogens is 845 g/mol. The summed E-state index contributed by atoms with van der Waals surface area (Å²) < 4.78 is 5.23. The van der Waals surface area contributed by atoms with E-state index in [1.54, 1.807) is 0 Å². The maximum atomic E-state index is 2.62. The van der Waals surface area contributed by atoms with Gasteiger partial charge in [0.25, 0.3) is 0 Å². The number of hydrogen-bond donors (Lipinski definition) is 0. The van der Waals surface area contributed by atoms with Gasteiger partial charge in [-0.2, -0.15) is 0 Å². The summed E-state index contributed by atoms with van der Waals surface area (Å²) in [5.74, 6) is 0. The summed E-state index contributed by atoms with van der Waals surface area (Å²) in [6.07, 6.45) is 0. The smallest absolute Gasteiger partial charge is 0.0626 e. The molecule has 2 aliphatic rings. The van der Waals surface area contributed by atoms with Crippen molar-refractivity contribution in [2.24, 2.45) is 0 Å². The fourth-order valence-corrected chi connectivity index (χ4v) is 13.9. The number of fused-ring (bicyclic) bond motifs is 18. The van der Waals surface area contributed by atoms with E-state index in [4.69, 9.17) is 0 Å². The van der Waals surface area contributed by atoms with Gasteiger partial charge < -0.3 is 8.80 Å². The Bertz CT molecular complexity index is 4180. The van der Waals surface area contributed by atoms with E-state index in [9.17, 15) is 0 Å². The van der Waals surface area contributed by atoms with Crippen LogP contribution in [0.1, 0.15) is 103 Å². The Kier molecular flexibility index (Phi) is 7.43. The van der Waals surface area contributed by atoms with Crippen molar-refractivity contribution in [2.45, 2.75) is 90.9 Å². The van der Waals surface area contributed by atoms with Gasteiger partial charge in [-0.25, -0.2) is 0 Å². The molecule has 15 rings (SSSR count). The monoisotopic (exact) mass is 900 g/mol. The highest BCUT2D eigenvalue weighted by molar-refractivity contribution is 6.32. The minimum absolute atomic E-state index is 0.00103. The Labute approximate surface area is 409 Å². The van der Waals surface area contributed by atoms with Crippen molar-refractivity contribution < 1.29 is 0 Å². The molecule has 2 nitrogen and oxygen atoms in total. The average molecular weight is 901 g/mol. The summed E-state index contributed by atoms with van der Waals surface area (Å²) in [6, 6.07) is 61.7. The largest absolute Gasteiger partial charge is 0.308 e. The van der Waals surface area contributed by atoms with Crippen LogP contribution >= 0.6 is 0 Å². The minimum atomic E-state index is -0.0813. The molecule has 0 aliphatic heterocycles. The summed E-state index contributed by atoms with van der Waals surface area (Å²) in [5.41, 5.74) is 26.6. The third-order valence-corrected chi connectivity index (χ3v) is 17.5. The first-order chi connectivity index (χ1) is 33.5. The highest BCUT2D eigenvalue weighted by Gasteiger charge is 2.39. The Morgan fingerprint density at radius 3 is 1.11 bits per heavy atom. The molecule has 338 valence electrons. The lowest BCUT2D eigenvalue weighted by Gasteiger charge is -2.21. The molecule has 0 fully saturated rings. The molecule has 0 saturated heterocycles. The molecule has 2 aliphatic carbocycles. The van der Waals surface area contributed by atoms with Gasteiger partial charge in [0.05, 0.1) is 33.1 Å². The van der Waals surface area contributed by atoms with Crippen LogP contribution in [0.4, 0.5) is 0 Å². The first kappa shape index (κ1) is 40.5. The molecule has 0 unspecified atom stereocenters. The molecule has 0 N–H and O–H groups in total. The highest BCUT2D eigenvalue weighted by Crippen LogP contribution is 2.57. The van der Waals surface area contributed by atoms with Crippen molar-refractivity contribution in [3.8, 4) is 44.5 Å². The summed E-state index contributed by atoms with van der Waals surface area (Å²) in [4.78, 5) is 0. The number of rotatable bonds is 2. The van der Waals surface area contributed by atoms with Gasteiger partial charge in [-0.05, 0) is 125 Å². The molecule has 2 heteroatoms. The van der Waals surface area contributed by atoms with Crippen molar-refractivity contribution in [2.75, 3.05) is 0 Å². The molecule has 4 heterocycles. The molecule has 70 heavy (non-hydrogen) atoms. The topological polar surface area (TPSA) is 8.82 Å². The molecule has 9 aromatic carbocycles. The molecule has 13 aromatic rings. The third kappa shape index (κ3) is 4.85. The van der Waals surface area contributed by atoms with Gasteiger partial charge >= 0.3 is 0 Å². The predicted molar refractivity (Wildman–Crippen MR) is 299 cm³/mol. The van der Waals surface area contributed by atoms with E-state index in [0.717, 1.165) is 0 Å². The van der Waals surface area contributed by atoms with E-state index < -0.39 is 0 Å². The molecule has 0 radical (unpaired) electrons. The first-order valence-electron chi connectivity index (χ1n) is 25.4. The average Bonchev–Trinajstić information content (AvgIpc) is 4.15. The molecule has 0 atom stereocenters. The van der Waals surface area contributed by atoms with Crippen molar-refractivity contribution >= 4 is 76.2 Å². The number of hydrogen-bond acceptors (Lipinski definition) is 0. The normalized spacial score (nSPS) is 15.2. The summed E-state index contributed by atoms with van der Waals surface area (Å²) in [6.45, 7) is 23.6. The summed E-state index contributed by atoms with van der Waals surface area (Å²) in [7, 11) is 0. The van der Waals surface area contributed by atoms with E-state index >= 15 is 0 Å². The van der Waals surface area contributed by atoms with Crippen LogP contribution in [-0.4, -0.2) is 8.80 Å².